The molecule has 0 spiro atoms. The van der Waals surface area contributed by atoms with Gasteiger partial charge in [0.2, 0.25) is 0 Å². The number of fused-ring (bicyclic) bond motifs is 1. The van der Waals surface area contributed by atoms with Gasteiger partial charge in [0.1, 0.15) is 0 Å². The van der Waals surface area contributed by atoms with E-state index in [1.165, 1.54) is 57.8 Å². The van der Waals surface area contributed by atoms with Crippen molar-refractivity contribution in [3.8, 4) is 0 Å². The lowest BCUT2D eigenvalue weighted by atomic mass is 9.64. The molecular weight excluding hydrogens is 248 g/mol. The molecule has 3 atom stereocenters. The monoisotopic (exact) mass is 282 g/mol. The van der Waals surface area contributed by atoms with E-state index < -0.39 is 5.60 Å². The molecular formula is C18H34O2. The van der Waals surface area contributed by atoms with Gasteiger partial charge in [0, 0.05) is 0 Å². The predicted octanol–water partition coefficient (Wildman–Crippen LogP) is 4.43. The first-order chi connectivity index (χ1) is 9.43. The first-order valence-electron chi connectivity index (χ1n) is 8.83. The van der Waals surface area contributed by atoms with Crippen molar-refractivity contribution in [3.05, 3.63) is 0 Å². The minimum atomic E-state index is -0.497. The summed E-state index contributed by atoms with van der Waals surface area (Å²) in [6.45, 7) is 3.80. The van der Waals surface area contributed by atoms with Crippen LogP contribution in [0.3, 0.4) is 0 Å². The summed E-state index contributed by atoms with van der Waals surface area (Å²) in [6, 6.07) is 0. The average Bonchev–Trinajstić information content (AvgIpc) is 2.78. The molecule has 0 bridgehead atoms. The van der Waals surface area contributed by atoms with Gasteiger partial charge in [-0.25, -0.2) is 0 Å². The lowest BCUT2D eigenvalue weighted by Crippen LogP contribution is -2.38. The quantitative estimate of drug-likeness (QED) is 0.678. The zero-order chi connectivity index (χ0) is 14.6. The van der Waals surface area contributed by atoms with Crippen molar-refractivity contribution < 1.29 is 10.2 Å². The fraction of sp³-hybridized carbons (Fsp3) is 1.00. The van der Waals surface area contributed by atoms with Crippen LogP contribution >= 0.6 is 0 Å². The molecule has 118 valence electrons. The summed E-state index contributed by atoms with van der Waals surface area (Å²) < 4.78 is 0. The Balaban J connectivity index is 1.68. The highest BCUT2D eigenvalue weighted by Crippen LogP contribution is 2.55. The van der Waals surface area contributed by atoms with Crippen molar-refractivity contribution in [2.24, 2.45) is 11.3 Å². The van der Waals surface area contributed by atoms with Gasteiger partial charge in [0.05, 0.1) is 11.7 Å². The zero-order valence-electron chi connectivity index (χ0n) is 13.5. The van der Waals surface area contributed by atoms with Gasteiger partial charge < -0.3 is 10.2 Å². The second-order valence-corrected chi connectivity index (χ2v) is 8.05. The predicted molar refractivity (Wildman–Crippen MR) is 83.6 cm³/mol. The molecule has 2 nitrogen and oxygen atoms in total. The Hall–Kier alpha value is -0.0800. The molecule has 2 saturated carbocycles. The first-order valence-corrected chi connectivity index (χ1v) is 8.83. The Morgan fingerprint density at radius 1 is 1.00 bits per heavy atom. The molecule has 0 aliphatic heterocycles. The molecule has 0 unspecified atom stereocenters. The van der Waals surface area contributed by atoms with Crippen LogP contribution in [-0.4, -0.2) is 21.9 Å². The zero-order valence-corrected chi connectivity index (χ0v) is 13.5. The van der Waals surface area contributed by atoms with Crippen LogP contribution in [0.25, 0.3) is 0 Å². The maximum atomic E-state index is 10.2. The van der Waals surface area contributed by atoms with Crippen LogP contribution in [-0.2, 0) is 0 Å². The minimum absolute atomic E-state index is 0.0126. The van der Waals surface area contributed by atoms with E-state index >= 15 is 0 Å². The van der Waals surface area contributed by atoms with Gasteiger partial charge in [-0.3, -0.25) is 0 Å². The SMILES string of the molecule is CC(C)(O)CCCCCC[C@]12CCC[C@@H](O)[C@@H]1CCC2. The molecule has 2 N–H and O–H groups in total. The third kappa shape index (κ3) is 4.21. The van der Waals surface area contributed by atoms with E-state index in [2.05, 4.69) is 0 Å². The fourth-order valence-corrected chi connectivity index (χ4v) is 4.76. The van der Waals surface area contributed by atoms with Gasteiger partial charge in [-0.2, -0.15) is 0 Å². The molecule has 0 heterocycles. The molecule has 2 fully saturated rings. The van der Waals surface area contributed by atoms with Crippen LogP contribution in [0.1, 0.15) is 90.9 Å². The highest BCUT2D eigenvalue weighted by molar-refractivity contribution is 4.97. The molecule has 2 rings (SSSR count). The number of unbranched alkanes of at least 4 members (excludes halogenated alkanes) is 3. The molecule has 0 aromatic heterocycles. The molecule has 0 aromatic rings. The maximum absolute atomic E-state index is 10.2. The van der Waals surface area contributed by atoms with Crippen LogP contribution in [0.4, 0.5) is 0 Å². The third-order valence-electron chi connectivity index (χ3n) is 5.83. The van der Waals surface area contributed by atoms with Crippen LogP contribution in [0.15, 0.2) is 0 Å². The molecule has 2 aliphatic carbocycles. The van der Waals surface area contributed by atoms with Crippen LogP contribution < -0.4 is 0 Å². The van der Waals surface area contributed by atoms with Gasteiger partial charge in [0.15, 0.2) is 0 Å². The van der Waals surface area contributed by atoms with Crippen LogP contribution in [0.5, 0.6) is 0 Å². The van der Waals surface area contributed by atoms with Crippen molar-refractivity contribution in [3.63, 3.8) is 0 Å². The third-order valence-corrected chi connectivity index (χ3v) is 5.83. The van der Waals surface area contributed by atoms with Crippen molar-refractivity contribution >= 4 is 0 Å². The lowest BCUT2D eigenvalue weighted by Gasteiger charge is -2.42. The lowest BCUT2D eigenvalue weighted by molar-refractivity contribution is -0.0137. The van der Waals surface area contributed by atoms with E-state index in [-0.39, 0.29) is 6.10 Å². The Morgan fingerprint density at radius 2 is 1.65 bits per heavy atom. The van der Waals surface area contributed by atoms with E-state index in [4.69, 9.17) is 0 Å². The number of hydrogen-bond acceptors (Lipinski definition) is 2. The van der Waals surface area contributed by atoms with Crippen molar-refractivity contribution in [1.29, 1.82) is 0 Å². The van der Waals surface area contributed by atoms with Crippen LogP contribution in [0, 0.1) is 11.3 Å². The van der Waals surface area contributed by atoms with E-state index in [1.54, 1.807) is 0 Å². The van der Waals surface area contributed by atoms with E-state index in [0.717, 1.165) is 19.3 Å². The van der Waals surface area contributed by atoms with Gasteiger partial charge in [0.25, 0.3) is 0 Å². The summed E-state index contributed by atoms with van der Waals surface area (Å²) in [7, 11) is 0. The number of aliphatic hydroxyl groups excluding tert-OH is 1. The highest BCUT2D eigenvalue weighted by Gasteiger charge is 2.47. The molecule has 2 heteroatoms. The minimum Gasteiger partial charge on any atom is -0.393 e. The topological polar surface area (TPSA) is 40.5 Å². The largest absolute Gasteiger partial charge is 0.393 e. The first kappa shape index (κ1) is 16.3. The Kier molecular flexibility index (Phi) is 5.53. The van der Waals surface area contributed by atoms with Crippen molar-refractivity contribution in [2.75, 3.05) is 0 Å². The van der Waals surface area contributed by atoms with E-state index in [0.29, 0.717) is 11.3 Å². The van der Waals surface area contributed by atoms with Gasteiger partial charge in [-0.05, 0) is 63.7 Å². The molecule has 0 saturated heterocycles. The average molecular weight is 282 g/mol. The summed E-state index contributed by atoms with van der Waals surface area (Å²) in [4.78, 5) is 0. The summed E-state index contributed by atoms with van der Waals surface area (Å²) in [5, 5.41) is 19.9. The summed E-state index contributed by atoms with van der Waals surface area (Å²) in [6.07, 6.45) is 14.8. The van der Waals surface area contributed by atoms with Crippen molar-refractivity contribution in [1.82, 2.24) is 0 Å². The standard InChI is InChI=1S/C18H34O2/c1-17(2,20)11-5-3-4-6-12-18-13-7-9-15(18)16(19)10-8-14-18/h15-16,19-20H,3-14H2,1-2H3/t15-,16+,18-/m0/s1. The molecule has 20 heavy (non-hydrogen) atoms. The number of hydrogen-bond donors (Lipinski definition) is 2. The number of aliphatic hydroxyl groups is 2. The Labute approximate surface area is 125 Å². The summed E-state index contributed by atoms with van der Waals surface area (Å²) >= 11 is 0. The van der Waals surface area contributed by atoms with Crippen molar-refractivity contribution in [2.45, 2.75) is 103 Å². The summed E-state index contributed by atoms with van der Waals surface area (Å²) in [5.74, 6) is 0.604. The molecule has 0 aromatic carbocycles. The highest BCUT2D eigenvalue weighted by atomic mass is 16.3. The second kappa shape index (κ2) is 6.79. The van der Waals surface area contributed by atoms with E-state index in [1.807, 2.05) is 13.8 Å². The Morgan fingerprint density at radius 3 is 2.35 bits per heavy atom. The van der Waals surface area contributed by atoms with Crippen LogP contribution in [0.2, 0.25) is 0 Å². The normalized spacial score (nSPS) is 34.2. The van der Waals surface area contributed by atoms with E-state index in [9.17, 15) is 10.2 Å². The second-order valence-electron chi connectivity index (χ2n) is 8.05. The summed E-state index contributed by atoms with van der Waals surface area (Å²) in [5.41, 5.74) is -0.00334. The maximum Gasteiger partial charge on any atom is 0.0591 e. The molecule has 0 amide bonds. The van der Waals surface area contributed by atoms with Gasteiger partial charge in [-0.1, -0.05) is 38.5 Å². The molecule has 2 aliphatic rings. The van der Waals surface area contributed by atoms with Gasteiger partial charge >= 0.3 is 0 Å². The smallest absolute Gasteiger partial charge is 0.0591 e. The molecule has 0 radical (unpaired) electrons. The fourth-order valence-electron chi connectivity index (χ4n) is 4.76. The number of rotatable bonds is 7. The Bertz CT molecular complexity index is 294. The van der Waals surface area contributed by atoms with Gasteiger partial charge in [-0.15, -0.1) is 0 Å².